The number of rotatable bonds is 2. The van der Waals surface area contributed by atoms with Crippen LogP contribution in [0.25, 0.3) is 0 Å². The number of carbonyl (C=O) groups excluding carboxylic acids is 2. The van der Waals surface area contributed by atoms with Crippen molar-refractivity contribution in [3.8, 4) is 0 Å². The Kier molecular flexibility index (Phi) is 4.82. The van der Waals surface area contributed by atoms with Gasteiger partial charge in [0.25, 0.3) is 0 Å². The van der Waals surface area contributed by atoms with E-state index in [9.17, 15) is 22.8 Å². The number of piperidine rings is 1. The predicted molar refractivity (Wildman–Crippen MR) is 76.6 cm³/mol. The quantitative estimate of drug-likeness (QED) is 0.843. The summed E-state index contributed by atoms with van der Waals surface area (Å²) in [6.45, 7) is 5.09. The Morgan fingerprint density at radius 1 is 1.13 bits per heavy atom. The van der Waals surface area contributed by atoms with Crippen molar-refractivity contribution in [2.45, 2.75) is 57.9 Å². The molecule has 0 bridgehead atoms. The fraction of sp³-hybridized carbons (Fsp3) is 0.867. The third-order valence-electron chi connectivity index (χ3n) is 4.13. The maximum absolute atomic E-state index is 12.6. The van der Waals surface area contributed by atoms with Crippen LogP contribution in [0.3, 0.4) is 0 Å². The normalized spacial score (nSPS) is 25.9. The molecule has 2 aliphatic rings. The Balaban J connectivity index is 2.02. The Bertz CT molecular complexity index is 470. The Morgan fingerprint density at radius 3 is 2.22 bits per heavy atom. The standard InChI is InChI=1S/C15H23F3N2O3/c1-14(2,3)23-13(22)19-11-8-20(12(21)15(16,17)18)7-6-10(11)9-4-5-9/h9-11H,4-8H2,1-3H3,(H,19,22)/t10-,11+/m0/s1. The third-order valence-corrected chi connectivity index (χ3v) is 4.13. The largest absolute Gasteiger partial charge is 0.471 e. The molecule has 0 aromatic heterocycles. The van der Waals surface area contributed by atoms with E-state index in [4.69, 9.17) is 4.74 Å². The Hall–Kier alpha value is -1.47. The van der Waals surface area contributed by atoms with E-state index in [2.05, 4.69) is 5.32 Å². The van der Waals surface area contributed by atoms with Gasteiger partial charge in [-0.15, -0.1) is 0 Å². The van der Waals surface area contributed by atoms with Gasteiger partial charge in [-0.3, -0.25) is 4.79 Å². The first-order valence-corrected chi connectivity index (χ1v) is 7.83. The van der Waals surface area contributed by atoms with E-state index < -0.39 is 29.8 Å². The fourth-order valence-corrected chi connectivity index (χ4v) is 3.03. The molecule has 2 fully saturated rings. The number of nitrogens with one attached hydrogen (secondary N) is 1. The minimum atomic E-state index is -4.89. The van der Waals surface area contributed by atoms with Gasteiger partial charge in [-0.05, 0) is 51.9 Å². The first-order valence-electron chi connectivity index (χ1n) is 7.83. The van der Waals surface area contributed by atoms with Crippen LogP contribution in [0.2, 0.25) is 0 Å². The highest BCUT2D eigenvalue weighted by Crippen LogP contribution is 2.42. The summed E-state index contributed by atoms with van der Waals surface area (Å²) >= 11 is 0. The van der Waals surface area contributed by atoms with Gasteiger partial charge in [-0.2, -0.15) is 13.2 Å². The molecule has 5 nitrogen and oxygen atoms in total. The van der Waals surface area contributed by atoms with Gasteiger partial charge in [0.15, 0.2) is 0 Å². The molecule has 0 unspecified atom stereocenters. The molecule has 2 amide bonds. The van der Waals surface area contributed by atoms with Crippen molar-refractivity contribution >= 4 is 12.0 Å². The number of hydrogen-bond acceptors (Lipinski definition) is 3. The van der Waals surface area contributed by atoms with Crippen molar-refractivity contribution in [1.82, 2.24) is 10.2 Å². The van der Waals surface area contributed by atoms with Crippen LogP contribution in [0.15, 0.2) is 0 Å². The second kappa shape index (κ2) is 6.20. The van der Waals surface area contributed by atoms with E-state index in [1.807, 2.05) is 0 Å². The third kappa shape index (κ3) is 5.00. The first kappa shape index (κ1) is 17.9. The van der Waals surface area contributed by atoms with Crippen LogP contribution in [0, 0.1) is 11.8 Å². The van der Waals surface area contributed by atoms with Gasteiger partial charge >= 0.3 is 18.2 Å². The molecule has 1 N–H and O–H groups in total. The smallest absolute Gasteiger partial charge is 0.444 e. The highest BCUT2D eigenvalue weighted by molar-refractivity contribution is 5.82. The van der Waals surface area contributed by atoms with Crippen LogP contribution in [0.4, 0.5) is 18.0 Å². The monoisotopic (exact) mass is 336 g/mol. The van der Waals surface area contributed by atoms with Crippen LogP contribution in [0.1, 0.15) is 40.0 Å². The average molecular weight is 336 g/mol. The van der Waals surface area contributed by atoms with Gasteiger partial charge < -0.3 is 15.0 Å². The number of alkyl carbamates (subject to hydrolysis) is 1. The topological polar surface area (TPSA) is 58.6 Å². The van der Waals surface area contributed by atoms with Crippen molar-refractivity contribution in [2.75, 3.05) is 13.1 Å². The zero-order valence-electron chi connectivity index (χ0n) is 13.6. The second-order valence-electron chi connectivity index (χ2n) is 7.29. The number of halogens is 3. The number of alkyl halides is 3. The number of hydrogen-bond donors (Lipinski definition) is 1. The number of ether oxygens (including phenoxy) is 1. The van der Waals surface area contributed by atoms with Crippen molar-refractivity contribution < 1.29 is 27.5 Å². The lowest BCUT2D eigenvalue weighted by molar-refractivity contribution is -0.187. The van der Waals surface area contributed by atoms with Gasteiger partial charge in [0.2, 0.25) is 0 Å². The van der Waals surface area contributed by atoms with Crippen LogP contribution in [-0.2, 0) is 9.53 Å². The number of nitrogens with zero attached hydrogens (tertiary/aromatic N) is 1. The molecule has 23 heavy (non-hydrogen) atoms. The van der Waals surface area contributed by atoms with E-state index in [-0.39, 0.29) is 19.0 Å². The molecule has 1 heterocycles. The molecular weight excluding hydrogens is 313 g/mol. The number of carbonyl (C=O) groups is 2. The van der Waals surface area contributed by atoms with Gasteiger partial charge in [0.1, 0.15) is 5.60 Å². The molecule has 0 spiro atoms. The zero-order chi connectivity index (χ0) is 17.4. The Labute approximate surface area is 133 Å². The molecule has 0 aromatic rings. The summed E-state index contributed by atoms with van der Waals surface area (Å²) in [6, 6.07) is -0.502. The maximum atomic E-state index is 12.6. The van der Waals surface area contributed by atoms with Crippen molar-refractivity contribution in [3.05, 3.63) is 0 Å². The summed E-state index contributed by atoms with van der Waals surface area (Å²) in [7, 11) is 0. The highest BCUT2D eigenvalue weighted by Gasteiger charge is 2.47. The second-order valence-corrected chi connectivity index (χ2v) is 7.29. The molecule has 132 valence electrons. The molecule has 0 radical (unpaired) electrons. The fourth-order valence-electron chi connectivity index (χ4n) is 3.03. The Morgan fingerprint density at radius 2 is 1.74 bits per heavy atom. The molecule has 1 saturated carbocycles. The lowest BCUT2D eigenvalue weighted by Gasteiger charge is -2.39. The molecule has 1 aliphatic heterocycles. The van der Waals surface area contributed by atoms with Crippen molar-refractivity contribution in [3.63, 3.8) is 0 Å². The highest BCUT2D eigenvalue weighted by atomic mass is 19.4. The average Bonchev–Trinajstić information content (AvgIpc) is 3.18. The summed E-state index contributed by atoms with van der Waals surface area (Å²) in [6.07, 6.45) is -3.04. The van der Waals surface area contributed by atoms with Gasteiger partial charge in [0.05, 0.1) is 6.04 Å². The summed E-state index contributed by atoms with van der Waals surface area (Å²) in [4.78, 5) is 24.1. The van der Waals surface area contributed by atoms with Gasteiger partial charge in [0, 0.05) is 13.1 Å². The zero-order valence-corrected chi connectivity index (χ0v) is 13.6. The lowest BCUT2D eigenvalue weighted by Crippen LogP contribution is -2.57. The van der Waals surface area contributed by atoms with E-state index in [0.717, 1.165) is 17.7 Å². The van der Waals surface area contributed by atoms with Crippen LogP contribution < -0.4 is 5.32 Å². The summed E-state index contributed by atoms with van der Waals surface area (Å²) in [5.41, 5.74) is -0.685. The number of likely N-dealkylation sites (tertiary alicyclic amines) is 1. The van der Waals surface area contributed by atoms with E-state index in [0.29, 0.717) is 12.3 Å². The molecule has 2 atom stereocenters. The SMILES string of the molecule is CC(C)(C)OC(=O)N[C@@H]1CN(C(=O)C(F)(F)F)CC[C@H]1C1CC1. The molecule has 2 rings (SSSR count). The maximum Gasteiger partial charge on any atom is 0.471 e. The summed E-state index contributed by atoms with van der Waals surface area (Å²) in [5, 5.41) is 2.66. The minimum Gasteiger partial charge on any atom is -0.444 e. The molecule has 8 heteroatoms. The van der Waals surface area contributed by atoms with E-state index in [1.165, 1.54) is 0 Å². The molecular formula is C15H23F3N2O3. The van der Waals surface area contributed by atoms with Gasteiger partial charge in [-0.1, -0.05) is 0 Å². The van der Waals surface area contributed by atoms with Crippen molar-refractivity contribution in [2.24, 2.45) is 11.8 Å². The lowest BCUT2D eigenvalue weighted by atomic mass is 9.87. The summed E-state index contributed by atoms with van der Waals surface area (Å²) in [5.74, 6) is -1.33. The molecule has 0 aromatic carbocycles. The van der Waals surface area contributed by atoms with Crippen LogP contribution in [-0.4, -0.2) is 47.8 Å². The van der Waals surface area contributed by atoms with Crippen molar-refractivity contribution in [1.29, 1.82) is 0 Å². The van der Waals surface area contributed by atoms with E-state index in [1.54, 1.807) is 20.8 Å². The first-order chi connectivity index (χ1) is 10.5. The summed E-state index contributed by atoms with van der Waals surface area (Å²) < 4.78 is 43.0. The van der Waals surface area contributed by atoms with Gasteiger partial charge in [-0.25, -0.2) is 4.79 Å². The van der Waals surface area contributed by atoms with Crippen LogP contribution in [0.5, 0.6) is 0 Å². The van der Waals surface area contributed by atoms with Crippen LogP contribution >= 0.6 is 0 Å². The minimum absolute atomic E-state index is 0.0754. The van der Waals surface area contributed by atoms with E-state index >= 15 is 0 Å². The predicted octanol–water partition coefficient (Wildman–Crippen LogP) is 2.70. The molecule has 1 aliphatic carbocycles. The molecule has 1 saturated heterocycles. The number of amides is 2.